The lowest BCUT2D eigenvalue weighted by molar-refractivity contribution is -0.127. The SMILES string of the molecule is Cc1ccc(NC(=O)CN2C(=O)S/C(=C/c3cc(I)cc(I)c3OCc3ccccc3)C2=O)cc1C. The maximum Gasteiger partial charge on any atom is 0.294 e. The van der Waals surface area contributed by atoms with Crippen LogP contribution in [0.1, 0.15) is 22.3 Å². The highest BCUT2D eigenvalue weighted by Crippen LogP contribution is 2.36. The number of ether oxygens (including phenoxy) is 1. The van der Waals surface area contributed by atoms with Gasteiger partial charge in [0.1, 0.15) is 18.9 Å². The summed E-state index contributed by atoms with van der Waals surface area (Å²) in [7, 11) is 0. The molecule has 0 aromatic heterocycles. The lowest BCUT2D eigenvalue weighted by Gasteiger charge is -2.14. The van der Waals surface area contributed by atoms with Gasteiger partial charge in [0, 0.05) is 14.8 Å². The summed E-state index contributed by atoms with van der Waals surface area (Å²) in [6, 6.07) is 19.3. The van der Waals surface area contributed by atoms with Crippen molar-refractivity contribution in [1.29, 1.82) is 0 Å². The molecule has 1 N–H and O–H groups in total. The minimum Gasteiger partial charge on any atom is -0.487 e. The van der Waals surface area contributed by atoms with Crippen LogP contribution in [0.4, 0.5) is 10.5 Å². The van der Waals surface area contributed by atoms with E-state index in [2.05, 4.69) is 50.5 Å². The third-order valence-electron chi connectivity index (χ3n) is 5.52. The van der Waals surface area contributed by atoms with Crippen molar-refractivity contribution in [3.8, 4) is 5.75 Å². The molecule has 0 saturated carbocycles. The van der Waals surface area contributed by atoms with Gasteiger partial charge in [-0.05, 0) is 118 Å². The number of benzene rings is 3. The summed E-state index contributed by atoms with van der Waals surface area (Å²) in [4.78, 5) is 39.5. The number of nitrogens with one attached hydrogen (secondary N) is 1. The van der Waals surface area contributed by atoms with Crippen molar-refractivity contribution < 1.29 is 19.1 Å². The van der Waals surface area contributed by atoms with Gasteiger partial charge in [-0.3, -0.25) is 19.3 Å². The van der Waals surface area contributed by atoms with Crippen LogP contribution in [0.15, 0.2) is 65.6 Å². The van der Waals surface area contributed by atoms with E-state index in [0.717, 1.165) is 40.5 Å². The molecule has 3 amide bonds. The molecule has 0 bridgehead atoms. The van der Waals surface area contributed by atoms with E-state index in [-0.39, 0.29) is 11.4 Å². The Balaban J connectivity index is 1.51. The fourth-order valence-corrected chi connectivity index (χ4v) is 6.38. The minimum atomic E-state index is -0.497. The van der Waals surface area contributed by atoms with E-state index in [0.29, 0.717) is 23.6 Å². The maximum absolute atomic E-state index is 13.1. The summed E-state index contributed by atoms with van der Waals surface area (Å²) >= 11 is 5.23. The Morgan fingerprint density at radius 3 is 2.50 bits per heavy atom. The Labute approximate surface area is 241 Å². The van der Waals surface area contributed by atoms with Gasteiger partial charge in [0.25, 0.3) is 11.1 Å². The Bertz CT molecular complexity index is 1380. The molecule has 6 nitrogen and oxygen atoms in total. The number of carbonyl (C=O) groups excluding carboxylic acids is 3. The number of hydrogen-bond donors (Lipinski definition) is 1. The first kappa shape index (κ1) is 26.7. The molecule has 3 aromatic rings. The van der Waals surface area contributed by atoms with E-state index in [1.165, 1.54) is 0 Å². The topological polar surface area (TPSA) is 75.7 Å². The number of carbonyl (C=O) groups is 3. The predicted molar refractivity (Wildman–Crippen MR) is 160 cm³/mol. The van der Waals surface area contributed by atoms with Gasteiger partial charge in [-0.25, -0.2) is 0 Å². The lowest BCUT2D eigenvalue weighted by atomic mass is 10.1. The molecule has 0 radical (unpaired) electrons. The smallest absolute Gasteiger partial charge is 0.294 e. The number of nitrogens with zero attached hydrogens (tertiary/aromatic N) is 1. The van der Waals surface area contributed by atoms with Gasteiger partial charge in [0.05, 0.1) is 8.48 Å². The largest absolute Gasteiger partial charge is 0.487 e. The quantitative estimate of drug-likeness (QED) is 0.215. The summed E-state index contributed by atoms with van der Waals surface area (Å²) < 4.78 is 7.99. The average Bonchev–Trinajstić information content (AvgIpc) is 3.08. The highest BCUT2D eigenvalue weighted by molar-refractivity contribution is 14.1. The number of imide groups is 1. The fourth-order valence-electron chi connectivity index (χ4n) is 3.51. The minimum absolute atomic E-state index is 0.251. The normalized spacial score (nSPS) is 14.4. The van der Waals surface area contributed by atoms with Gasteiger partial charge < -0.3 is 10.1 Å². The molecule has 4 rings (SSSR count). The van der Waals surface area contributed by atoms with E-state index < -0.39 is 17.1 Å². The van der Waals surface area contributed by atoms with E-state index in [1.807, 2.05) is 68.4 Å². The van der Waals surface area contributed by atoms with Gasteiger partial charge in [0.15, 0.2) is 0 Å². The number of amides is 3. The zero-order valence-electron chi connectivity index (χ0n) is 19.5. The number of anilines is 1. The van der Waals surface area contributed by atoms with Crippen molar-refractivity contribution in [3.05, 3.63) is 95.0 Å². The summed E-state index contributed by atoms with van der Waals surface area (Å²) in [5.74, 6) is -0.292. The number of rotatable bonds is 7. The molecule has 1 aliphatic rings. The molecule has 1 heterocycles. The molecule has 36 heavy (non-hydrogen) atoms. The third-order valence-corrected chi connectivity index (χ3v) is 7.85. The first-order valence-electron chi connectivity index (χ1n) is 11.0. The lowest BCUT2D eigenvalue weighted by Crippen LogP contribution is -2.36. The van der Waals surface area contributed by atoms with Crippen molar-refractivity contribution in [1.82, 2.24) is 4.90 Å². The second-order valence-electron chi connectivity index (χ2n) is 8.20. The molecule has 0 unspecified atom stereocenters. The van der Waals surface area contributed by atoms with Crippen molar-refractivity contribution in [3.63, 3.8) is 0 Å². The van der Waals surface area contributed by atoms with Crippen LogP contribution in [0, 0.1) is 21.0 Å². The third kappa shape index (κ3) is 6.48. The standard InChI is InChI=1S/C27H22I2N2O4S/c1-16-8-9-21(10-17(16)2)30-24(32)14-31-26(33)23(36-27(31)34)12-19-11-20(28)13-22(29)25(19)35-15-18-6-4-3-5-7-18/h3-13H,14-15H2,1-2H3,(H,30,32)/b23-12+. The molecule has 3 aromatic carbocycles. The number of aryl methyl sites for hydroxylation is 2. The first-order valence-corrected chi connectivity index (χ1v) is 14.0. The Morgan fingerprint density at radius 2 is 1.78 bits per heavy atom. The van der Waals surface area contributed by atoms with Gasteiger partial charge in [0.2, 0.25) is 5.91 Å². The van der Waals surface area contributed by atoms with Crippen LogP contribution < -0.4 is 10.1 Å². The molecule has 1 aliphatic heterocycles. The Morgan fingerprint density at radius 1 is 1.03 bits per heavy atom. The monoisotopic (exact) mass is 724 g/mol. The molecule has 1 saturated heterocycles. The second-order valence-corrected chi connectivity index (χ2v) is 11.6. The van der Waals surface area contributed by atoms with E-state index in [9.17, 15) is 14.4 Å². The highest BCUT2D eigenvalue weighted by Gasteiger charge is 2.36. The van der Waals surface area contributed by atoms with Crippen LogP contribution in [-0.2, 0) is 16.2 Å². The van der Waals surface area contributed by atoms with Crippen molar-refractivity contribution in [2.45, 2.75) is 20.5 Å². The zero-order valence-corrected chi connectivity index (χ0v) is 24.6. The van der Waals surface area contributed by atoms with E-state index in [1.54, 1.807) is 12.1 Å². The summed E-state index contributed by atoms with van der Waals surface area (Å²) in [6.45, 7) is 3.96. The molecule has 184 valence electrons. The Kier molecular flexibility index (Phi) is 8.73. The summed E-state index contributed by atoms with van der Waals surface area (Å²) in [5, 5.41) is 2.28. The van der Waals surface area contributed by atoms with Crippen LogP contribution in [-0.4, -0.2) is 28.5 Å². The molecule has 1 fully saturated rings. The van der Waals surface area contributed by atoms with Crippen LogP contribution >= 0.6 is 56.9 Å². The van der Waals surface area contributed by atoms with Crippen molar-refractivity contribution in [2.24, 2.45) is 0 Å². The fraction of sp³-hybridized carbons (Fsp3) is 0.148. The first-order chi connectivity index (χ1) is 17.2. The zero-order chi connectivity index (χ0) is 25.8. The van der Waals surface area contributed by atoms with Crippen LogP contribution in [0.3, 0.4) is 0 Å². The van der Waals surface area contributed by atoms with E-state index >= 15 is 0 Å². The van der Waals surface area contributed by atoms with Crippen LogP contribution in [0.2, 0.25) is 0 Å². The molecule has 0 aliphatic carbocycles. The molecule has 0 atom stereocenters. The van der Waals surface area contributed by atoms with Gasteiger partial charge in [-0.1, -0.05) is 36.4 Å². The maximum atomic E-state index is 13.1. The van der Waals surface area contributed by atoms with Gasteiger partial charge in [-0.2, -0.15) is 0 Å². The van der Waals surface area contributed by atoms with Gasteiger partial charge >= 0.3 is 0 Å². The van der Waals surface area contributed by atoms with Gasteiger partial charge in [-0.15, -0.1) is 0 Å². The molecule has 0 spiro atoms. The molecular formula is C27H22I2N2O4S. The predicted octanol–water partition coefficient (Wildman–Crippen LogP) is 6.77. The van der Waals surface area contributed by atoms with Crippen LogP contribution in [0.25, 0.3) is 6.08 Å². The van der Waals surface area contributed by atoms with Crippen molar-refractivity contribution in [2.75, 3.05) is 11.9 Å². The Hall–Kier alpha value is -2.38. The van der Waals surface area contributed by atoms with Crippen molar-refractivity contribution >= 4 is 85.8 Å². The molecule has 9 heteroatoms. The van der Waals surface area contributed by atoms with Crippen LogP contribution in [0.5, 0.6) is 5.75 Å². The number of hydrogen-bond acceptors (Lipinski definition) is 5. The average molecular weight is 724 g/mol. The molecular weight excluding hydrogens is 702 g/mol. The highest BCUT2D eigenvalue weighted by atomic mass is 127. The van der Waals surface area contributed by atoms with E-state index in [4.69, 9.17) is 4.74 Å². The summed E-state index contributed by atoms with van der Waals surface area (Å²) in [5.41, 5.74) is 4.50. The number of thioether (sulfide) groups is 1. The number of halogens is 2. The second kappa shape index (κ2) is 11.8. The summed E-state index contributed by atoms with van der Waals surface area (Å²) in [6.07, 6.45) is 1.66.